The molecule has 0 fully saturated rings. The Morgan fingerprint density at radius 1 is 1.21 bits per heavy atom. The van der Waals surface area contributed by atoms with Crippen LogP contribution >= 0.6 is 0 Å². The van der Waals surface area contributed by atoms with E-state index in [4.69, 9.17) is 4.42 Å². The molecule has 1 heterocycles. The van der Waals surface area contributed by atoms with Gasteiger partial charge in [-0.3, -0.25) is 4.79 Å². The van der Waals surface area contributed by atoms with Crippen molar-refractivity contribution in [2.75, 3.05) is 6.61 Å². The number of furan rings is 1. The molecule has 0 spiro atoms. The van der Waals surface area contributed by atoms with Gasteiger partial charge in [0.25, 0.3) is 6.47 Å². The molecule has 4 heteroatoms. The van der Waals surface area contributed by atoms with Gasteiger partial charge in [0.05, 0.1) is 12.0 Å². The van der Waals surface area contributed by atoms with Gasteiger partial charge >= 0.3 is 0 Å². The monoisotopic (exact) mass is 264 g/mol. The molecule has 3 nitrogen and oxygen atoms in total. The molecule has 0 aliphatic carbocycles. The zero-order valence-corrected chi connectivity index (χ0v) is 10.7. The van der Waals surface area contributed by atoms with E-state index in [1.54, 1.807) is 18.2 Å². The average molecular weight is 264 g/mol. The molecule has 0 aliphatic rings. The van der Waals surface area contributed by atoms with Crippen LogP contribution in [0.25, 0.3) is 11.0 Å². The molecule has 0 saturated carbocycles. The number of hydrogen-bond donors (Lipinski definition) is 0. The second kappa shape index (κ2) is 6.92. The predicted molar refractivity (Wildman–Crippen MR) is 70.4 cm³/mol. The minimum atomic E-state index is -0.237. The van der Waals surface area contributed by atoms with Crippen molar-refractivity contribution in [2.24, 2.45) is 0 Å². The van der Waals surface area contributed by atoms with E-state index in [1.165, 1.54) is 6.07 Å². The first kappa shape index (κ1) is 13.6. The standard InChI is InChI=1S/C15H17FO3/c16-14-7-5-8-15-13(14)10-12(19-15)6-3-1-2-4-9-18-11-17/h5,7-8,10-11H,1-4,6,9H2. The van der Waals surface area contributed by atoms with Crippen molar-refractivity contribution in [3.05, 3.63) is 35.8 Å². The lowest BCUT2D eigenvalue weighted by Crippen LogP contribution is -1.91. The van der Waals surface area contributed by atoms with Gasteiger partial charge in [-0.1, -0.05) is 18.9 Å². The Hall–Kier alpha value is -1.84. The lowest BCUT2D eigenvalue weighted by Gasteiger charge is -1.99. The van der Waals surface area contributed by atoms with Crippen molar-refractivity contribution < 1.29 is 18.3 Å². The number of unbranched alkanes of at least 4 members (excludes halogenated alkanes) is 3. The van der Waals surface area contributed by atoms with Gasteiger partial charge in [0.2, 0.25) is 0 Å². The number of carbonyl (C=O) groups excluding carboxylic acids is 1. The van der Waals surface area contributed by atoms with E-state index in [0.717, 1.165) is 37.9 Å². The molecule has 1 aromatic carbocycles. The molecule has 1 aromatic heterocycles. The predicted octanol–water partition coefficient (Wildman–Crippen LogP) is 3.85. The summed E-state index contributed by atoms with van der Waals surface area (Å²) in [7, 11) is 0. The molecular formula is C15H17FO3. The lowest BCUT2D eigenvalue weighted by molar-refractivity contribution is -0.128. The Balaban J connectivity index is 1.76. The Morgan fingerprint density at radius 2 is 2.05 bits per heavy atom. The average Bonchev–Trinajstić information content (AvgIpc) is 2.82. The van der Waals surface area contributed by atoms with Gasteiger partial charge in [-0.2, -0.15) is 0 Å². The SMILES string of the molecule is O=COCCCCCCc1cc2c(F)cccc2o1. The summed E-state index contributed by atoms with van der Waals surface area (Å²) in [5.74, 6) is 0.586. The molecule has 19 heavy (non-hydrogen) atoms. The third kappa shape index (κ3) is 3.81. The van der Waals surface area contributed by atoms with Crippen molar-refractivity contribution >= 4 is 17.4 Å². The number of benzene rings is 1. The second-order valence-electron chi connectivity index (χ2n) is 4.50. The molecule has 0 saturated heterocycles. The summed E-state index contributed by atoms with van der Waals surface area (Å²) >= 11 is 0. The molecule has 0 aliphatic heterocycles. The summed E-state index contributed by atoms with van der Waals surface area (Å²) in [4.78, 5) is 9.93. The van der Waals surface area contributed by atoms with Crippen molar-refractivity contribution in [3.8, 4) is 0 Å². The summed E-state index contributed by atoms with van der Waals surface area (Å²) in [6.45, 7) is 0.961. The van der Waals surface area contributed by atoms with E-state index in [1.807, 2.05) is 0 Å². The molecule has 0 N–H and O–H groups in total. The molecule has 0 amide bonds. The van der Waals surface area contributed by atoms with Gasteiger partial charge in [0, 0.05) is 6.42 Å². The molecule has 0 bridgehead atoms. The fourth-order valence-corrected chi connectivity index (χ4v) is 2.09. The molecule has 2 aromatic rings. The van der Waals surface area contributed by atoms with Gasteiger partial charge in [-0.25, -0.2) is 4.39 Å². The first-order valence-corrected chi connectivity index (χ1v) is 6.53. The van der Waals surface area contributed by atoms with E-state index in [-0.39, 0.29) is 5.82 Å². The number of aryl methyl sites for hydroxylation is 1. The summed E-state index contributed by atoms with van der Waals surface area (Å²) in [6.07, 6.45) is 4.74. The van der Waals surface area contributed by atoms with Crippen LogP contribution in [-0.2, 0) is 16.0 Å². The molecular weight excluding hydrogens is 247 g/mol. The number of rotatable bonds is 8. The third-order valence-electron chi connectivity index (χ3n) is 3.06. The van der Waals surface area contributed by atoms with E-state index in [0.29, 0.717) is 24.0 Å². The maximum atomic E-state index is 13.5. The number of hydrogen-bond acceptors (Lipinski definition) is 3. The highest BCUT2D eigenvalue weighted by atomic mass is 19.1. The largest absolute Gasteiger partial charge is 0.468 e. The molecule has 0 atom stereocenters. The summed E-state index contributed by atoms with van der Waals surface area (Å²) in [5.41, 5.74) is 0.606. The van der Waals surface area contributed by atoms with E-state index in [2.05, 4.69) is 4.74 Å². The maximum absolute atomic E-state index is 13.5. The zero-order valence-electron chi connectivity index (χ0n) is 10.7. The minimum Gasteiger partial charge on any atom is -0.468 e. The lowest BCUT2D eigenvalue weighted by atomic mass is 10.1. The Kier molecular flexibility index (Phi) is 4.95. The summed E-state index contributed by atoms with van der Waals surface area (Å²) < 4.78 is 23.7. The van der Waals surface area contributed by atoms with E-state index < -0.39 is 0 Å². The minimum absolute atomic E-state index is 0.237. The first-order chi connectivity index (χ1) is 9.31. The quantitative estimate of drug-likeness (QED) is 0.537. The molecule has 0 radical (unpaired) electrons. The van der Waals surface area contributed by atoms with Crippen molar-refractivity contribution in [1.29, 1.82) is 0 Å². The normalized spacial score (nSPS) is 10.8. The van der Waals surface area contributed by atoms with Crippen LogP contribution < -0.4 is 0 Å². The summed E-state index contributed by atoms with van der Waals surface area (Å²) in [5, 5.41) is 0.553. The van der Waals surface area contributed by atoms with Crippen LogP contribution in [0.1, 0.15) is 31.4 Å². The highest BCUT2D eigenvalue weighted by molar-refractivity contribution is 5.78. The Labute approximate surface area is 111 Å². The van der Waals surface area contributed by atoms with Crippen LogP contribution in [-0.4, -0.2) is 13.1 Å². The fourth-order valence-electron chi connectivity index (χ4n) is 2.09. The van der Waals surface area contributed by atoms with E-state index in [9.17, 15) is 9.18 Å². The van der Waals surface area contributed by atoms with Gasteiger partial charge in [-0.05, 0) is 31.0 Å². The van der Waals surface area contributed by atoms with Gasteiger partial charge in [-0.15, -0.1) is 0 Å². The Bertz CT molecular complexity index is 533. The highest BCUT2D eigenvalue weighted by Gasteiger charge is 2.07. The van der Waals surface area contributed by atoms with Crippen LogP contribution in [0.2, 0.25) is 0 Å². The van der Waals surface area contributed by atoms with Gasteiger partial charge in [0.15, 0.2) is 0 Å². The van der Waals surface area contributed by atoms with E-state index >= 15 is 0 Å². The maximum Gasteiger partial charge on any atom is 0.293 e. The van der Waals surface area contributed by atoms with Gasteiger partial charge < -0.3 is 9.15 Å². The highest BCUT2D eigenvalue weighted by Crippen LogP contribution is 2.23. The first-order valence-electron chi connectivity index (χ1n) is 6.53. The van der Waals surface area contributed by atoms with Crippen LogP contribution in [0.15, 0.2) is 28.7 Å². The van der Waals surface area contributed by atoms with Crippen molar-refractivity contribution in [1.82, 2.24) is 0 Å². The van der Waals surface area contributed by atoms with Crippen LogP contribution in [0.4, 0.5) is 4.39 Å². The van der Waals surface area contributed by atoms with Gasteiger partial charge in [0.1, 0.15) is 17.2 Å². The van der Waals surface area contributed by atoms with Crippen LogP contribution in [0.3, 0.4) is 0 Å². The second-order valence-corrected chi connectivity index (χ2v) is 4.50. The number of carbonyl (C=O) groups is 1. The molecule has 0 unspecified atom stereocenters. The summed E-state index contributed by atoms with van der Waals surface area (Å²) in [6, 6.07) is 6.64. The third-order valence-corrected chi connectivity index (χ3v) is 3.06. The number of ether oxygens (including phenoxy) is 1. The van der Waals surface area contributed by atoms with Crippen LogP contribution in [0, 0.1) is 5.82 Å². The molecule has 102 valence electrons. The molecule has 2 rings (SSSR count). The number of halogens is 1. The fraction of sp³-hybridized carbons (Fsp3) is 0.400. The topological polar surface area (TPSA) is 39.4 Å². The van der Waals surface area contributed by atoms with Crippen LogP contribution in [0.5, 0.6) is 0 Å². The zero-order chi connectivity index (χ0) is 13.5. The number of fused-ring (bicyclic) bond motifs is 1. The van der Waals surface area contributed by atoms with Crippen molar-refractivity contribution in [3.63, 3.8) is 0 Å². The smallest absolute Gasteiger partial charge is 0.293 e. The Morgan fingerprint density at radius 3 is 2.84 bits per heavy atom. The van der Waals surface area contributed by atoms with Crippen molar-refractivity contribution in [2.45, 2.75) is 32.1 Å².